The highest BCUT2D eigenvalue weighted by Crippen LogP contribution is 2.16. The molecular weight excluding hydrogens is 278 g/mol. The fourth-order valence-electron chi connectivity index (χ4n) is 2.37. The van der Waals surface area contributed by atoms with Crippen LogP contribution in [0, 0.1) is 5.92 Å². The van der Waals surface area contributed by atoms with Crippen LogP contribution in [0.1, 0.15) is 13.8 Å². The maximum atomic E-state index is 12.4. The van der Waals surface area contributed by atoms with Crippen LogP contribution in [0.15, 0.2) is 28.0 Å². The van der Waals surface area contributed by atoms with E-state index in [2.05, 4.69) is 23.7 Å². The van der Waals surface area contributed by atoms with Gasteiger partial charge in [-0.1, -0.05) is 13.8 Å². The Balaban J connectivity index is 2.05. The zero-order valence-corrected chi connectivity index (χ0v) is 12.7. The van der Waals surface area contributed by atoms with Crippen LogP contribution in [0.5, 0.6) is 0 Å². The van der Waals surface area contributed by atoms with E-state index < -0.39 is 10.0 Å². The molecule has 1 aliphatic heterocycles. The molecule has 1 N–H and O–H groups in total. The number of pyridine rings is 1. The van der Waals surface area contributed by atoms with Crippen LogP contribution >= 0.6 is 0 Å². The third-order valence-electron chi connectivity index (χ3n) is 3.35. The molecule has 0 bridgehead atoms. The molecule has 2 rings (SSSR count). The standard InChI is InChI=1S/C13H21N3O3S/c1-11(2)10-15-5-7-16(8-6-15)20(18,19)12-3-4-13(17)14-9-12/h3-4,9,11H,5-8,10H2,1-2H3,(H,14,17). The van der Waals surface area contributed by atoms with Crippen LogP contribution in [-0.2, 0) is 10.0 Å². The first kappa shape index (κ1) is 15.2. The smallest absolute Gasteiger partial charge is 0.247 e. The Morgan fingerprint density at radius 2 is 1.85 bits per heavy atom. The van der Waals surface area contributed by atoms with Crippen LogP contribution in [0.3, 0.4) is 0 Å². The first-order valence-corrected chi connectivity index (χ1v) is 8.25. The van der Waals surface area contributed by atoms with Crippen LogP contribution in [0.2, 0.25) is 0 Å². The van der Waals surface area contributed by atoms with Crippen molar-refractivity contribution in [2.24, 2.45) is 5.92 Å². The zero-order valence-electron chi connectivity index (χ0n) is 11.9. The fourth-order valence-corrected chi connectivity index (χ4v) is 3.76. The Kier molecular flexibility index (Phi) is 4.62. The molecule has 0 amide bonds. The molecule has 0 radical (unpaired) electrons. The van der Waals surface area contributed by atoms with E-state index in [0.717, 1.165) is 19.6 Å². The Labute approximate surface area is 119 Å². The summed E-state index contributed by atoms with van der Waals surface area (Å²) in [4.78, 5) is 15.8. The van der Waals surface area contributed by atoms with Crippen molar-refractivity contribution in [3.8, 4) is 0 Å². The summed E-state index contributed by atoms with van der Waals surface area (Å²) in [5, 5.41) is 0. The first-order chi connectivity index (χ1) is 9.39. The van der Waals surface area contributed by atoms with Crippen LogP contribution in [-0.4, -0.2) is 55.3 Å². The van der Waals surface area contributed by atoms with Gasteiger partial charge in [-0.15, -0.1) is 0 Å². The lowest BCUT2D eigenvalue weighted by atomic mass is 10.2. The quantitative estimate of drug-likeness (QED) is 0.870. The largest absolute Gasteiger partial charge is 0.328 e. The minimum atomic E-state index is -3.49. The lowest BCUT2D eigenvalue weighted by Crippen LogP contribution is -2.49. The zero-order chi connectivity index (χ0) is 14.8. The summed E-state index contributed by atoms with van der Waals surface area (Å²) in [5.74, 6) is 0.581. The van der Waals surface area contributed by atoms with Gasteiger partial charge in [0.1, 0.15) is 0 Å². The van der Waals surface area contributed by atoms with Gasteiger partial charge in [-0.05, 0) is 12.0 Å². The second-order valence-electron chi connectivity index (χ2n) is 5.49. The normalized spacial score (nSPS) is 18.6. The number of aromatic nitrogens is 1. The van der Waals surface area contributed by atoms with E-state index in [9.17, 15) is 13.2 Å². The van der Waals surface area contributed by atoms with Crippen molar-refractivity contribution >= 4 is 10.0 Å². The number of hydrogen-bond acceptors (Lipinski definition) is 4. The molecule has 0 spiro atoms. The molecule has 0 saturated carbocycles. The highest BCUT2D eigenvalue weighted by atomic mass is 32.2. The van der Waals surface area contributed by atoms with E-state index in [1.165, 1.54) is 22.6 Å². The van der Waals surface area contributed by atoms with Gasteiger partial charge < -0.3 is 9.88 Å². The van der Waals surface area contributed by atoms with E-state index in [4.69, 9.17) is 0 Å². The second-order valence-corrected chi connectivity index (χ2v) is 7.43. The summed E-state index contributed by atoms with van der Waals surface area (Å²) in [5.41, 5.74) is -0.300. The van der Waals surface area contributed by atoms with Gasteiger partial charge in [-0.25, -0.2) is 8.42 Å². The number of nitrogens with one attached hydrogen (secondary N) is 1. The van der Waals surface area contributed by atoms with Gasteiger partial charge in [0.2, 0.25) is 15.6 Å². The average molecular weight is 299 g/mol. The molecule has 1 aromatic rings. The van der Waals surface area contributed by atoms with Gasteiger partial charge in [0.25, 0.3) is 0 Å². The van der Waals surface area contributed by atoms with Crippen LogP contribution in [0.25, 0.3) is 0 Å². The van der Waals surface area contributed by atoms with Crippen molar-refractivity contribution in [1.29, 1.82) is 0 Å². The number of sulfonamides is 1. The van der Waals surface area contributed by atoms with Gasteiger partial charge in [-0.3, -0.25) is 4.79 Å². The Morgan fingerprint density at radius 1 is 1.20 bits per heavy atom. The van der Waals surface area contributed by atoms with E-state index in [-0.39, 0.29) is 10.5 Å². The molecule has 1 aliphatic rings. The second kappa shape index (κ2) is 6.07. The van der Waals surface area contributed by atoms with Crippen molar-refractivity contribution in [3.05, 3.63) is 28.7 Å². The summed E-state index contributed by atoms with van der Waals surface area (Å²) in [7, 11) is -3.49. The maximum absolute atomic E-state index is 12.4. The third kappa shape index (κ3) is 3.47. The maximum Gasteiger partial charge on any atom is 0.247 e. The molecule has 0 unspecified atom stereocenters. The third-order valence-corrected chi connectivity index (χ3v) is 5.24. The summed E-state index contributed by atoms with van der Waals surface area (Å²) in [6.07, 6.45) is 1.26. The molecule has 0 atom stereocenters. The minimum Gasteiger partial charge on any atom is -0.328 e. The SMILES string of the molecule is CC(C)CN1CCN(S(=O)(=O)c2ccc(=O)[nH]c2)CC1. The molecule has 1 fully saturated rings. The van der Waals surface area contributed by atoms with Crippen molar-refractivity contribution in [2.75, 3.05) is 32.7 Å². The van der Waals surface area contributed by atoms with E-state index >= 15 is 0 Å². The first-order valence-electron chi connectivity index (χ1n) is 6.81. The summed E-state index contributed by atoms with van der Waals surface area (Å²) < 4.78 is 26.3. The predicted molar refractivity (Wildman–Crippen MR) is 77.1 cm³/mol. The van der Waals surface area contributed by atoms with Crippen molar-refractivity contribution in [1.82, 2.24) is 14.2 Å². The Bertz CT molecular complexity index is 581. The Morgan fingerprint density at radius 3 is 2.35 bits per heavy atom. The van der Waals surface area contributed by atoms with Gasteiger partial charge in [0.05, 0.1) is 4.90 Å². The lowest BCUT2D eigenvalue weighted by Gasteiger charge is -2.34. The van der Waals surface area contributed by atoms with E-state index in [0.29, 0.717) is 19.0 Å². The van der Waals surface area contributed by atoms with Crippen molar-refractivity contribution in [2.45, 2.75) is 18.7 Å². The predicted octanol–water partition coefficient (Wildman–Crippen LogP) is 0.337. The molecule has 6 nitrogen and oxygen atoms in total. The van der Waals surface area contributed by atoms with Crippen molar-refractivity contribution in [3.63, 3.8) is 0 Å². The highest BCUT2D eigenvalue weighted by molar-refractivity contribution is 7.89. The Hall–Kier alpha value is -1.18. The van der Waals surface area contributed by atoms with E-state index in [1.807, 2.05) is 0 Å². The minimum absolute atomic E-state index is 0.148. The summed E-state index contributed by atoms with van der Waals surface area (Å²) in [6.45, 7) is 7.79. The average Bonchev–Trinajstić information content (AvgIpc) is 2.39. The summed E-state index contributed by atoms with van der Waals surface area (Å²) >= 11 is 0. The number of nitrogens with zero attached hydrogens (tertiary/aromatic N) is 2. The molecule has 0 aliphatic carbocycles. The molecule has 1 saturated heterocycles. The van der Waals surface area contributed by atoms with Crippen LogP contribution in [0.4, 0.5) is 0 Å². The lowest BCUT2D eigenvalue weighted by molar-refractivity contribution is 0.172. The van der Waals surface area contributed by atoms with Gasteiger partial charge in [0.15, 0.2) is 0 Å². The van der Waals surface area contributed by atoms with Crippen LogP contribution < -0.4 is 5.56 Å². The van der Waals surface area contributed by atoms with Gasteiger partial charge in [0, 0.05) is 45.0 Å². The molecule has 20 heavy (non-hydrogen) atoms. The molecule has 0 aromatic carbocycles. The summed E-state index contributed by atoms with van der Waals surface area (Å²) in [6, 6.07) is 2.59. The number of rotatable bonds is 4. The highest BCUT2D eigenvalue weighted by Gasteiger charge is 2.28. The molecule has 2 heterocycles. The molecule has 112 valence electrons. The molecular formula is C13H21N3O3S. The van der Waals surface area contributed by atoms with Gasteiger partial charge >= 0.3 is 0 Å². The van der Waals surface area contributed by atoms with Crippen molar-refractivity contribution < 1.29 is 8.42 Å². The number of H-pyrrole nitrogens is 1. The topological polar surface area (TPSA) is 73.5 Å². The van der Waals surface area contributed by atoms with E-state index in [1.54, 1.807) is 0 Å². The number of hydrogen-bond donors (Lipinski definition) is 1. The number of aromatic amines is 1. The molecule has 1 aromatic heterocycles. The molecule has 7 heteroatoms. The number of piperazine rings is 1. The van der Waals surface area contributed by atoms with Gasteiger partial charge in [-0.2, -0.15) is 4.31 Å². The fraction of sp³-hybridized carbons (Fsp3) is 0.615. The monoisotopic (exact) mass is 299 g/mol.